The average molecular weight is 303 g/mol. The highest BCUT2D eigenvalue weighted by Crippen LogP contribution is 2.28. The van der Waals surface area contributed by atoms with Crippen LogP contribution in [0.5, 0.6) is 5.75 Å². The predicted molar refractivity (Wildman–Crippen MR) is 73.3 cm³/mol. The van der Waals surface area contributed by atoms with Crippen molar-refractivity contribution in [3.05, 3.63) is 64.7 Å². The summed E-state index contributed by atoms with van der Waals surface area (Å²) in [6, 6.07) is 13.3. The number of carbonyl (C=O) groups is 1. The van der Waals surface area contributed by atoms with E-state index in [1.807, 2.05) is 42.5 Å². The van der Waals surface area contributed by atoms with Crippen molar-refractivity contribution in [2.75, 3.05) is 0 Å². The highest BCUT2D eigenvalue weighted by molar-refractivity contribution is 9.08. The molecule has 0 saturated heterocycles. The predicted octanol–water partition coefficient (Wildman–Crippen LogP) is 3.70. The Bertz CT molecular complexity index is 620. The van der Waals surface area contributed by atoms with Gasteiger partial charge in [0.15, 0.2) is 5.78 Å². The lowest BCUT2D eigenvalue weighted by Crippen LogP contribution is -2.03. The summed E-state index contributed by atoms with van der Waals surface area (Å²) in [6.45, 7) is 0.445. The van der Waals surface area contributed by atoms with Gasteiger partial charge in [0.1, 0.15) is 12.4 Å². The molecule has 0 atom stereocenters. The third-order valence-electron chi connectivity index (χ3n) is 3.09. The molecule has 2 nitrogen and oxygen atoms in total. The zero-order chi connectivity index (χ0) is 12.5. The minimum Gasteiger partial charge on any atom is -0.488 e. The second-order valence-corrected chi connectivity index (χ2v) is 4.80. The number of ether oxygens (including phenoxy) is 1. The summed E-state index contributed by atoms with van der Waals surface area (Å²) in [4.78, 5) is 12.5. The van der Waals surface area contributed by atoms with Gasteiger partial charge in [-0.1, -0.05) is 40.2 Å². The Morgan fingerprint density at radius 1 is 1.11 bits per heavy atom. The van der Waals surface area contributed by atoms with Gasteiger partial charge >= 0.3 is 0 Å². The molecule has 0 unspecified atom stereocenters. The monoisotopic (exact) mass is 302 g/mol. The van der Waals surface area contributed by atoms with Gasteiger partial charge in [0.2, 0.25) is 0 Å². The van der Waals surface area contributed by atoms with Crippen molar-refractivity contribution >= 4 is 21.7 Å². The number of para-hydroxylation sites is 1. The van der Waals surface area contributed by atoms with Crippen LogP contribution in [0.15, 0.2) is 42.5 Å². The van der Waals surface area contributed by atoms with E-state index in [4.69, 9.17) is 4.74 Å². The van der Waals surface area contributed by atoms with E-state index in [-0.39, 0.29) is 5.78 Å². The van der Waals surface area contributed by atoms with Gasteiger partial charge in [0.05, 0.1) is 5.56 Å². The molecule has 0 amide bonds. The van der Waals surface area contributed by atoms with E-state index in [9.17, 15) is 4.79 Å². The lowest BCUT2D eigenvalue weighted by molar-refractivity contribution is 0.103. The van der Waals surface area contributed by atoms with Crippen LogP contribution in [0.3, 0.4) is 0 Å². The standard InChI is InChI=1S/C15H11BrO2/c16-8-10-5-6-11-9-18-14-4-2-1-3-12(14)15(17)13(11)7-10/h1-7H,8-9H2. The highest BCUT2D eigenvalue weighted by atomic mass is 79.9. The Morgan fingerprint density at radius 2 is 1.94 bits per heavy atom. The summed E-state index contributed by atoms with van der Waals surface area (Å²) in [7, 11) is 0. The van der Waals surface area contributed by atoms with Gasteiger partial charge in [0.25, 0.3) is 0 Å². The van der Waals surface area contributed by atoms with Crippen molar-refractivity contribution < 1.29 is 9.53 Å². The molecule has 3 rings (SSSR count). The molecule has 0 aliphatic carbocycles. The van der Waals surface area contributed by atoms with Crippen molar-refractivity contribution in [1.29, 1.82) is 0 Å². The quantitative estimate of drug-likeness (QED) is 0.751. The normalized spacial score (nSPS) is 13.3. The molecule has 0 N–H and O–H groups in total. The van der Waals surface area contributed by atoms with E-state index < -0.39 is 0 Å². The van der Waals surface area contributed by atoms with Gasteiger partial charge < -0.3 is 4.74 Å². The minimum atomic E-state index is 0.0425. The molecule has 0 aromatic heterocycles. The van der Waals surface area contributed by atoms with Crippen LogP contribution in [-0.2, 0) is 11.9 Å². The summed E-state index contributed by atoms with van der Waals surface area (Å²) in [5.74, 6) is 0.708. The maximum absolute atomic E-state index is 12.5. The van der Waals surface area contributed by atoms with E-state index in [0.717, 1.165) is 22.0 Å². The highest BCUT2D eigenvalue weighted by Gasteiger charge is 2.21. The van der Waals surface area contributed by atoms with Crippen LogP contribution in [0.2, 0.25) is 0 Å². The Labute approximate surface area is 114 Å². The van der Waals surface area contributed by atoms with E-state index in [1.54, 1.807) is 0 Å². The van der Waals surface area contributed by atoms with Gasteiger partial charge in [-0.3, -0.25) is 4.79 Å². The van der Waals surface area contributed by atoms with Crippen molar-refractivity contribution in [3.63, 3.8) is 0 Å². The molecule has 18 heavy (non-hydrogen) atoms. The molecule has 1 heterocycles. The van der Waals surface area contributed by atoms with Gasteiger partial charge in [-0.2, -0.15) is 0 Å². The molecule has 0 radical (unpaired) electrons. The number of carbonyl (C=O) groups excluding carboxylic acids is 1. The number of fused-ring (bicyclic) bond motifs is 2. The molecule has 0 fully saturated rings. The molecule has 2 aromatic rings. The molecular weight excluding hydrogens is 292 g/mol. The fourth-order valence-corrected chi connectivity index (χ4v) is 2.47. The first-order chi connectivity index (χ1) is 8.79. The first-order valence-electron chi connectivity index (χ1n) is 5.74. The first-order valence-corrected chi connectivity index (χ1v) is 6.86. The third kappa shape index (κ3) is 1.85. The summed E-state index contributed by atoms with van der Waals surface area (Å²) >= 11 is 3.41. The van der Waals surface area contributed by atoms with Gasteiger partial charge in [-0.25, -0.2) is 0 Å². The van der Waals surface area contributed by atoms with E-state index in [0.29, 0.717) is 17.9 Å². The Kier molecular flexibility index (Phi) is 2.92. The van der Waals surface area contributed by atoms with Crippen molar-refractivity contribution in [2.24, 2.45) is 0 Å². The van der Waals surface area contributed by atoms with Crippen LogP contribution in [0.25, 0.3) is 0 Å². The number of halogens is 1. The second kappa shape index (κ2) is 4.58. The molecule has 0 spiro atoms. The van der Waals surface area contributed by atoms with Gasteiger partial charge in [-0.15, -0.1) is 0 Å². The van der Waals surface area contributed by atoms with E-state index in [2.05, 4.69) is 15.9 Å². The van der Waals surface area contributed by atoms with Gasteiger partial charge in [-0.05, 0) is 23.8 Å². The van der Waals surface area contributed by atoms with E-state index in [1.165, 1.54) is 0 Å². The largest absolute Gasteiger partial charge is 0.488 e. The molecule has 3 heteroatoms. The average Bonchev–Trinajstić information content (AvgIpc) is 2.57. The molecule has 90 valence electrons. The third-order valence-corrected chi connectivity index (χ3v) is 3.74. The Balaban J connectivity index is 2.17. The van der Waals surface area contributed by atoms with Crippen LogP contribution < -0.4 is 4.74 Å². The van der Waals surface area contributed by atoms with Crippen molar-refractivity contribution in [2.45, 2.75) is 11.9 Å². The number of hydrogen-bond acceptors (Lipinski definition) is 2. The zero-order valence-corrected chi connectivity index (χ0v) is 11.2. The number of ketones is 1. The van der Waals surface area contributed by atoms with Crippen LogP contribution in [0.1, 0.15) is 27.0 Å². The Morgan fingerprint density at radius 3 is 2.78 bits per heavy atom. The fourth-order valence-electron chi connectivity index (χ4n) is 2.12. The molecule has 1 aliphatic rings. The summed E-state index contributed by atoms with van der Waals surface area (Å²) in [6.07, 6.45) is 0. The van der Waals surface area contributed by atoms with Crippen LogP contribution in [-0.4, -0.2) is 5.78 Å². The molecule has 0 saturated carbocycles. The molecular formula is C15H11BrO2. The molecule has 1 aliphatic heterocycles. The fraction of sp³-hybridized carbons (Fsp3) is 0.133. The number of alkyl halides is 1. The van der Waals surface area contributed by atoms with Gasteiger partial charge in [0, 0.05) is 16.5 Å². The molecule has 2 aromatic carbocycles. The Hall–Kier alpha value is -1.61. The topological polar surface area (TPSA) is 26.3 Å². The van der Waals surface area contributed by atoms with Crippen molar-refractivity contribution in [3.8, 4) is 5.75 Å². The van der Waals surface area contributed by atoms with Crippen molar-refractivity contribution in [1.82, 2.24) is 0 Å². The van der Waals surface area contributed by atoms with Crippen LogP contribution in [0.4, 0.5) is 0 Å². The maximum Gasteiger partial charge on any atom is 0.197 e. The lowest BCUT2D eigenvalue weighted by Gasteiger charge is -2.05. The molecule has 0 bridgehead atoms. The van der Waals surface area contributed by atoms with Crippen LogP contribution in [0, 0.1) is 0 Å². The van der Waals surface area contributed by atoms with Crippen LogP contribution >= 0.6 is 15.9 Å². The lowest BCUT2D eigenvalue weighted by atomic mass is 9.97. The summed E-state index contributed by atoms with van der Waals surface area (Å²) < 4.78 is 5.69. The second-order valence-electron chi connectivity index (χ2n) is 4.24. The smallest absolute Gasteiger partial charge is 0.197 e. The summed E-state index contributed by atoms with van der Waals surface area (Å²) in [5.41, 5.74) is 3.43. The van der Waals surface area contributed by atoms with E-state index >= 15 is 0 Å². The number of rotatable bonds is 1. The number of hydrogen-bond donors (Lipinski definition) is 0. The zero-order valence-electron chi connectivity index (χ0n) is 9.65. The SMILES string of the molecule is O=C1c2cc(CBr)ccc2COc2ccccc21. The summed E-state index contributed by atoms with van der Waals surface area (Å²) in [5, 5.41) is 0.746. The minimum absolute atomic E-state index is 0.0425. The first kappa shape index (κ1) is 11.5. The number of benzene rings is 2. The maximum atomic E-state index is 12.5.